The first-order valence-corrected chi connectivity index (χ1v) is 9.04. The number of aromatic nitrogens is 2. The number of carboxylic acids is 1. The van der Waals surface area contributed by atoms with E-state index in [4.69, 9.17) is 25.8 Å². The van der Waals surface area contributed by atoms with Gasteiger partial charge in [-0.15, -0.1) is 0 Å². The fraction of sp³-hybridized carbons (Fsp3) is 0.222. The van der Waals surface area contributed by atoms with Gasteiger partial charge in [-0.2, -0.15) is 0 Å². The van der Waals surface area contributed by atoms with Crippen LogP contribution in [0.2, 0.25) is 5.02 Å². The Morgan fingerprint density at radius 3 is 2.47 bits per heavy atom. The molecule has 2 heterocycles. The quantitative estimate of drug-likeness (QED) is 0.370. The molecule has 30 heavy (non-hydrogen) atoms. The normalized spacial score (nSPS) is 10.8. The zero-order valence-corrected chi connectivity index (χ0v) is 16.6. The number of carbonyl (C=O) groups excluding carboxylic acids is 1. The second kappa shape index (κ2) is 8.33. The lowest BCUT2D eigenvalue weighted by Gasteiger charge is -2.09. The molecule has 158 valence electrons. The van der Waals surface area contributed by atoms with Gasteiger partial charge < -0.3 is 35.0 Å². The lowest BCUT2D eigenvalue weighted by molar-refractivity contribution is 0.0684. The molecule has 3 rings (SSSR count). The van der Waals surface area contributed by atoms with Crippen molar-refractivity contribution < 1.29 is 34.0 Å². The van der Waals surface area contributed by atoms with E-state index in [1.807, 2.05) is 0 Å². The van der Waals surface area contributed by atoms with Gasteiger partial charge in [0.15, 0.2) is 22.9 Å². The predicted molar refractivity (Wildman–Crippen MR) is 104 cm³/mol. The molecule has 0 aliphatic carbocycles. The number of nitrogens with one attached hydrogen (secondary N) is 2. The largest absolute Gasteiger partial charge is 0.507 e. The number of aromatic hydroxyl groups is 2. The SMILES string of the molecule is CCNC(=O)c1noc(-c2cc(Cl)c(O)cc2O)c1NCc1onc(C(=O)O)c1C. The third kappa shape index (κ3) is 3.87. The van der Waals surface area contributed by atoms with E-state index in [0.29, 0.717) is 12.1 Å². The van der Waals surface area contributed by atoms with E-state index in [2.05, 4.69) is 20.9 Å². The summed E-state index contributed by atoms with van der Waals surface area (Å²) in [4.78, 5) is 23.5. The molecule has 0 saturated heterocycles. The number of phenols is 2. The van der Waals surface area contributed by atoms with Crippen LogP contribution in [0.25, 0.3) is 11.3 Å². The molecule has 0 spiro atoms. The Kier molecular flexibility index (Phi) is 5.83. The summed E-state index contributed by atoms with van der Waals surface area (Å²) in [6.45, 7) is 3.53. The van der Waals surface area contributed by atoms with Crippen LogP contribution in [0.15, 0.2) is 21.2 Å². The number of hydrogen-bond donors (Lipinski definition) is 5. The highest BCUT2D eigenvalue weighted by Crippen LogP contribution is 2.41. The van der Waals surface area contributed by atoms with Crippen LogP contribution >= 0.6 is 11.6 Å². The summed E-state index contributed by atoms with van der Waals surface area (Å²) >= 11 is 5.93. The number of phenolic OH excluding ortho intramolecular Hbond substituents is 2. The standard InChI is InChI=1S/C18H17ClN4O7/c1-3-20-17(26)15-14(21-6-12-7(2)13(18(27)28)22-29-12)16(30-23-15)8-4-9(19)11(25)5-10(8)24/h4-5,21,24-25H,3,6H2,1-2H3,(H,20,26)(H,27,28). The molecule has 12 heteroatoms. The first kappa shape index (κ1) is 21.0. The molecule has 1 amide bonds. The second-order valence-corrected chi connectivity index (χ2v) is 6.56. The molecule has 0 bridgehead atoms. The highest BCUT2D eigenvalue weighted by atomic mass is 35.5. The van der Waals surface area contributed by atoms with Crippen LogP contribution in [-0.2, 0) is 6.54 Å². The summed E-state index contributed by atoms with van der Waals surface area (Å²) < 4.78 is 10.3. The van der Waals surface area contributed by atoms with Gasteiger partial charge in [0.05, 0.1) is 17.1 Å². The molecule has 0 radical (unpaired) electrons. The first-order chi connectivity index (χ1) is 14.2. The van der Waals surface area contributed by atoms with Gasteiger partial charge in [-0.05, 0) is 19.9 Å². The molecule has 11 nitrogen and oxygen atoms in total. The number of carboxylic acid groups (broad SMARTS) is 1. The van der Waals surface area contributed by atoms with Gasteiger partial charge >= 0.3 is 5.97 Å². The van der Waals surface area contributed by atoms with Crippen molar-refractivity contribution in [2.45, 2.75) is 20.4 Å². The van der Waals surface area contributed by atoms with Crippen molar-refractivity contribution >= 4 is 29.2 Å². The monoisotopic (exact) mass is 436 g/mol. The summed E-state index contributed by atoms with van der Waals surface area (Å²) in [7, 11) is 0. The fourth-order valence-electron chi connectivity index (χ4n) is 2.67. The van der Waals surface area contributed by atoms with Crippen LogP contribution < -0.4 is 10.6 Å². The summed E-state index contributed by atoms with van der Waals surface area (Å²) in [5.74, 6) is -2.28. The van der Waals surface area contributed by atoms with E-state index in [1.165, 1.54) is 13.0 Å². The minimum Gasteiger partial charge on any atom is -0.507 e. The topological polar surface area (TPSA) is 171 Å². The van der Waals surface area contributed by atoms with Crippen LogP contribution in [0.3, 0.4) is 0 Å². The van der Waals surface area contributed by atoms with E-state index in [-0.39, 0.29) is 57.2 Å². The van der Waals surface area contributed by atoms with Crippen LogP contribution in [0.4, 0.5) is 5.69 Å². The molecule has 5 N–H and O–H groups in total. The first-order valence-electron chi connectivity index (χ1n) is 8.66. The van der Waals surface area contributed by atoms with Crippen molar-refractivity contribution in [3.05, 3.63) is 39.9 Å². The molecule has 1 aromatic carbocycles. The number of halogens is 1. The van der Waals surface area contributed by atoms with E-state index in [0.717, 1.165) is 6.07 Å². The van der Waals surface area contributed by atoms with E-state index in [9.17, 15) is 19.8 Å². The van der Waals surface area contributed by atoms with Crippen LogP contribution in [0, 0.1) is 6.92 Å². The lowest BCUT2D eigenvalue weighted by atomic mass is 10.1. The van der Waals surface area contributed by atoms with Crippen LogP contribution in [0.1, 0.15) is 39.2 Å². The number of nitrogens with zero attached hydrogens (tertiary/aromatic N) is 2. The number of benzene rings is 1. The second-order valence-electron chi connectivity index (χ2n) is 6.15. The Bertz CT molecular complexity index is 1120. The van der Waals surface area contributed by atoms with Gasteiger partial charge in [-0.3, -0.25) is 4.79 Å². The average molecular weight is 437 g/mol. The predicted octanol–water partition coefficient (Wildman–Crippen LogP) is 2.76. The fourth-order valence-corrected chi connectivity index (χ4v) is 2.84. The van der Waals surface area contributed by atoms with Gasteiger partial charge in [0.2, 0.25) is 0 Å². The van der Waals surface area contributed by atoms with Gasteiger partial charge in [0.1, 0.15) is 17.2 Å². The lowest BCUT2D eigenvalue weighted by Crippen LogP contribution is -2.24. The third-order valence-corrected chi connectivity index (χ3v) is 4.51. The Labute approximate surface area is 174 Å². The maximum Gasteiger partial charge on any atom is 0.358 e. The number of amides is 1. The molecule has 3 aromatic rings. The molecule has 0 aliphatic heterocycles. The van der Waals surface area contributed by atoms with Crippen molar-refractivity contribution in [3.63, 3.8) is 0 Å². The molecule has 0 unspecified atom stereocenters. The molecular weight excluding hydrogens is 420 g/mol. The molecule has 0 fully saturated rings. The third-order valence-electron chi connectivity index (χ3n) is 4.20. The number of rotatable bonds is 7. The number of anilines is 1. The smallest absolute Gasteiger partial charge is 0.358 e. The zero-order valence-electron chi connectivity index (χ0n) is 15.8. The van der Waals surface area contributed by atoms with E-state index < -0.39 is 11.9 Å². The van der Waals surface area contributed by atoms with Gasteiger partial charge in [-0.1, -0.05) is 21.9 Å². The molecule has 0 saturated carbocycles. The van der Waals surface area contributed by atoms with Gasteiger partial charge in [-0.25, -0.2) is 4.79 Å². The van der Waals surface area contributed by atoms with Crippen molar-refractivity contribution in [2.24, 2.45) is 0 Å². The summed E-state index contributed by atoms with van der Waals surface area (Å²) in [5.41, 5.74) is 0.146. The molecule has 0 aliphatic rings. The van der Waals surface area contributed by atoms with Crippen LogP contribution in [-0.4, -0.2) is 44.1 Å². The number of aromatic carboxylic acids is 1. The van der Waals surface area contributed by atoms with Crippen molar-refractivity contribution in [1.29, 1.82) is 0 Å². The van der Waals surface area contributed by atoms with Gasteiger partial charge in [0, 0.05) is 18.2 Å². The highest BCUT2D eigenvalue weighted by molar-refractivity contribution is 6.32. The Morgan fingerprint density at radius 2 is 1.83 bits per heavy atom. The van der Waals surface area contributed by atoms with E-state index >= 15 is 0 Å². The summed E-state index contributed by atoms with van der Waals surface area (Å²) in [6.07, 6.45) is 0. The maximum absolute atomic E-state index is 12.4. The zero-order chi connectivity index (χ0) is 22.0. The van der Waals surface area contributed by atoms with Crippen LogP contribution in [0.5, 0.6) is 11.5 Å². The van der Waals surface area contributed by atoms with Crippen molar-refractivity contribution in [1.82, 2.24) is 15.6 Å². The van der Waals surface area contributed by atoms with Crippen molar-refractivity contribution in [3.8, 4) is 22.8 Å². The minimum atomic E-state index is -1.24. The maximum atomic E-state index is 12.4. The molecule has 0 atom stereocenters. The molecule has 2 aromatic heterocycles. The summed E-state index contributed by atoms with van der Waals surface area (Å²) in [6, 6.07) is 2.27. The summed E-state index contributed by atoms with van der Waals surface area (Å²) in [5, 5.41) is 41.7. The Morgan fingerprint density at radius 1 is 1.13 bits per heavy atom. The Balaban J connectivity index is 2.03. The average Bonchev–Trinajstić information content (AvgIpc) is 3.26. The number of hydrogen-bond acceptors (Lipinski definition) is 9. The highest BCUT2D eigenvalue weighted by Gasteiger charge is 2.26. The van der Waals surface area contributed by atoms with E-state index in [1.54, 1.807) is 6.92 Å². The Hall–Kier alpha value is -3.73. The minimum absolute atomic E-state index is 0.0220. The number of carbonyl (C=O) groups is 2. The van der Waals surface area contributed by atoms with Crippen molar-refractivity contribution in [2.75, 3.05) is 11.9 Å². The molecular formula is C18H17ClN4O7. The van der Waals surface area contributed by atoms with Gasteiger partial charge in [0.25, 0.3) is 5.91 Å².